The maximum absolute atomic E-state index is 13.9. The number of benzene rings is 1. The van der Waals surface area contributed by atoms with Crippen LogP contribution >= 0.6 is 7.52 Å². The average molecular weight is 598 g/mol. The minimum atomic E-state index is -4.21. The first-order valence-electron chi connectivity index (χ1n) is 14.4. The van der Waals surface area contributed by atoms with Crippen molar-refractivity contribution in [3.05, 3.63) is 55.0 Å². The predicted octanol–water partition coefficient (Wildman–Crippen LogP) is 2.68. The number of hydrogen-bond acceptors (Lipinski definition) is 11. The van der Waals surface area contributed by atoms with Gasteiger partial charge in [-0.05, 0) is 39.8 Å². The summed E-state index contributed by atoms with van der Waals surface area (Å²) in [5.74, 6) is -3.66. The number of carbonyl (C=O) groups excluding carboxylic acids is 1. The molecule has 0 saturated carbocycles. The van der Waals surface area contributed by atoms with E-state index in [1.165, 1.54) is 19.6 Å². The number of hydrogen-bond donors (Lipinski definition) is 4. The molecule has 0 aliphatic rings. The van der Waals surface area contributed by atoms with Crippen molar-refractivity contribution in [1.29, 1.82) is 0 Å². The maximum atomic E-state index is 13.9. The smallest absolute Gasteiger partial charge is 0.342 e. The number of carbonyl (C=O) groups is 3. The van der Waals surface area contributed by atoms with Crippen LogP contribution in [-0.4, -0.2) is 72.2 Å². The number of nitrogens with zero attached hydrogens (tertiary/aromatic N) is 4. The largest absolute Gasteiger partial charge is 0.478 e. The normalized spacial score (nSPS) is 15.8. The lowest BCUT2D eigenvalue weighted by molar-refractivity contribution is -0.149. The van der Waals surface area contributed by atoms with Crippen LogP contribution in [0.3, 0.4) is 0 Å². The van der Waals surface area contributed by atoms with Gasteiger partial charge in [-0.1, -0.05) is 18.1 Å². The summed E-state index contributed by atoms with van der Waals surface area (Å²) in [6.45, 7) is 6.59. The lowest BCUT2D eigenvalue weighted by Gasteiger charge is -2.25. The van der Waals surface area contributed by atoms with E-state index in [0.29, 0.717) is 23.3 Å². The Hall–Kier alpha value is -4.33. The fraction of sp³-hybridized carbons (Fsp3) is 0.360. The van der Waals surface area contributed by atoms with Crippen LogP contribution in [0.1, 0.15) is 34.5 Å². The molecular formula is C25H33N6O9P. The van der Waals surface area contributed by atoms with Gasteiger partial charge in [0.05, 0.1) is 31.9 Å². The molecule has 0 aliphatic carbocycles. The first-order chi connectivity index (χ1) is 21.4. The number of aliphatic carboxylic acids is 2. The minimum Gasteiger partial charge on any atom is -0.478 e. The number of ether oxygens (including phenoxy) is 2. The molecule has 0 aliphatic heterocycles. The Balaban J connectivity index is 0.000000812. The van der Waals surface area contributed by atoms with E-state index >= 15 is 0 Å². The summed E-state index contributed by atoms with van der Waals surface area (Å²) in [6.07, 6.45) is 2.27. The predicted molar refractivity (Wildman–Crippen MR) is 148 cm³/mol. The van der Waals surface area contributed by atoms with Gasteiger partial charge in [0.1, 0.15) is 30.0 Å². The lowest BCUT2D eigenvalue weighted by Crippen LogP contribution is -2.37. The molecule has 0 amide bonds. The van der Waals surface area contributed by atoms with Gasteiger partial charge in [0, 0.05) is 12.2 Å². The zero-order valence-corrected chi connectivity index (χ0v) is 23.4. The van der Waals surface area contributed by atoms with Crippen LogP contribution in [0.2, 0.25) is 0 Å². The highest BCUT2D eigenvalue weighted by Crippen LogP contribution is 2.44. The van der Waals surface area contributed by atoms with Crippen molar-refractivity contribution in [2.24, 2.45) is 0 Å². The van der Waals surface area contributed by atoms with Crippen LogP contribution in [0.25, 0.3) is 11.2 Å². The molecule has 0 bridgehead atoms. The second kappa shape index (κ2) is 15.5. The highest BCUT2D eigenvalue weighted by Gasteiger charge is 2.32. The van der Waals surface area contributed by atoms with Crippen LogP contribution < -0.4 is 15.3 Å². The fourth-order valence-corrected chi connectivity index (χ4v) is 4.65. The third kappa shape index (κ3) is 11.4. The Morgan fingerprint density at radius 1 is 1.10 bits per heavy atom. The topological polar surface area (TPSA) is 218 Å². The number of nitrogens with two attached hydrogens (primary N) is 1. The summed E-state index contributed by atoms with van der Waals surface area (Å²) in [7, 11) is -4.21. The molecule has 1 unspecified atom stereocenters. The van der Waals surface area contributed by atoms with Crippen molar-refractivity contribution in [2.45, 2.75) is 52.5 Å². The Labute approximate surface area is 242 Å². The molecule has 0 radical (unpaired) electrons. The van der Waals surface area contributed by atoms with E-state index in [1.54, 1.807) is 25.3 Å². The third-order valence-corrected chi connectivity index (χ3v) is 6.34. The van der Waals surface area contributed by atoms with E-state index in [9.17, 15) is 18.9 Å². The molecule has 41 heavy (non-hydrogen) atoms. The van der Waals surface area contributed by atoms with E-state index in [4.69, 9.17) is 36.8 Å². The van der Waals surface area contributed by atoms with Crippen molar-refractivity contribution in [3.63, 3.8) is 0 Å². The summed E-state index contributed by atoms with van der Waals surface area (Å²) in [5, 5.41) is 18.2. The molecule has 0 fully saturated rings. The number of aromatic nitrogens is 4. The fourth-order valence-electron chi connectivity index (χ4n) is 2.93. The summed E-state index contributed by atoms with van der Waals surface area (Å²) < 4.78 is 71.7. The van der Waals surface area contributed by atoms with Gasteiger partial charge in [-0.2, -0.15) is 0 Å². The summed E-state index contributed by atoms with van der Waals surface area (Å²) >= 11 is 0. The van der Waals surface area contributed by atoms with Crippen molar-refractivity contribution in [3.8, 4) is 5.75 Å². The molecule has 2 aromatic heterocycles. The quantitative estimate of drug-likeness (QED) is 0.126. The van der Waals surface area contributed by atoms with Crippen LogP contribution in [0.5, 0.6) is 5.75 Å². The molecular weight excluding hydrogens is 559 g/mol. The lowest BCUT2D eigenvalue weighted by atomic mass is 10.3. The zero-order chi connectivity index (χ0) is 34.9. The van der Waals surface area contributed by atoms with Crippen molar-refractivity contribution < 1.29 is 50.0 Å². The number of fused-ring (bicyclic) bond motifs is 1. The van der Waals surface area contributed by atoms with E-state index < -0.39 is 86.0 Å². The number of anilines is 1. The van der Waals surface area contributed by atoms with Crippen LogP contribution in [0, 0.1) is 0 Å². The van der Waals surface area contributed by atoms with E-state index in [1.807, 2.05) is 0 Å². The summed E-state index contributed by atoms with van der Waals surface area (Å²) in [6, 6.07) is -4.48. The Morgan fingerprint density at radius 3 is 2.32 bits per heavy atom. The Morgan fingerprint density at radius 2 is 1.73 bits per heavy atom. The number of rotatable bonds is 13. The van der Waals surface area contributed by atoms with Gasteiger partial charge >= 0.3 is 25.4 Å². The van der Waals surface area contributed by atoms with Crippen LogP contribution in [0.15, 0.2) is 55.0 Å². The number of esters is 1. The number of nitrogens with one attached hydrogen (secondary N) is 1. The molecule has 3 aromatic rings. The van der Waals surface area contributed by atoms with E-state index in [2.05, 4.69) is 20.0 Å². The molecule has 3 rings (SSSR count). The van der Waals surface area contributed by atoms with E-state index in [-0.39, 0.29) is 12.4 Å². The molecule has 0 spiro atoms. The number of para-hydroxylation sites is 1. The SMILES string of the molecule is O=C(O)/C=C/C(=O)O.[2H]c1c([2H])c([2H])c(OP(=O)(CO[C@H](C)Cn2cnc3c(N)ncnc32)N[C@@H](C)C(=O)OC(C)C)c([2H])c1[2H]. The molecule has 5 N–H and O–H groups in total. The molecule has 0 saturated heterocycles. The highest BCUT2D eigenvalue weighted by atomic mass is 31.2. The van der Waals surface area contributed by atoms with Crippen molar-refractivity contribution in [1.82, 2.24) is 24.6 Å². The number of carboxylic acid groups (broad SMARTS) is 2. The van der Waals surface area contributed by atoms with Crippen LogP contribution in [-0.2, 0) is 35.0 Å². The minimum absolute atomic E-state index is 0.213. The molecule has 16 heteroatoms. The third-order valence-electron chi connectivity index (χ3n) is 4.59. The van der Waals surface area contributed by atoms with Gasteiger partial charge in [0.15, 0.2) is 11.5 Å². The van der Waals surface area contributed by atoms with Gasteiger partial charge in [0.25, 0.3) is 0 Å². The van der Waals surface area contributed by atoms with Crippen molar-refractivity contribution >= 4 is 42.4 Å². The molecule has 2 heterocycles. The monoisotopic (exact) mass is 597 g/mol. The van der Waals surface area contributed by atoms with Gasteiger partial charge in [-0.15, -0.1) is 0 Å². The zero-order valence-electron chi connectivity index (χ0n) is 27.5. The number of nitrogen functional groups attached to an aromatic ring is 1. The van der Waals surface area contributed by atoms with Gasteiger partial charge in [0.2, 0.25) is 0 Å². The first-order valence-corrected chi connectivity index (χ1v) is 13.7. The number of carboxylic acids is 2. The van der Waals surface area contributed by atoms with Gasteiger partial charge in [-0.25, -0.2) is 29.6 Å². The number of imidazole rings is 1. The van der Waals surface area contributed by atoms with Gasteiger partial charge < -0.3 is 34.5 Å². The Kier molecular flexibility index (Phi) is 9.66. The summed E-state index contributed by atoms with van der Waals surface area (Å²) in [4.78, 5) is 43.7. The second-order valence-corrected chi connectivity index (χ2v) is 10.5. The standard InChI is InChI=1S/C21H29N6O5P.C4H4O4/c1-14(2)31-21(28)16(4)26-33(29,32-17-8-6-5-7-9-17)13-30-15(3)10-27-12-25-18-19(22)23-11-24-20(18)27;5-3(6)1-2-4(7)8/h5-9,11-12,14-16H,10,13H2,1-4H3,(H,26,29)(H2,22,23,24);1-2H,(H,5,6)(H,7,8)/b;2-1+/t15-,16+,33?;/m1./s1/i5D,6D,7D,8D,9D;. The highest BCUT2D eigenvalue weighted by molar-refractivity contribution is 7.57. The van der Waals surface area contributed by atoms with Crippen molar-refractivity contribution in [2.75, 3.05) is 12.1 Å². The average Bonchev–Trinajstić information content (AvgIpc) is 3.39. The molecule has 15 nitrogen and oxygen atoms in total. The molecule has 222 valence electrons. The Bertz CT molecular complexity index is 1630. The first kappa shape index (κ1) is 25.6. The van der Waals surface area contributed by atoms with E-state index in [0.717, 1.165) is 0 Å². The van der Waals surface area contributed by atoms with Crippen LogP contribution in [0.4, 0.5) is 5.82 Å². The maximum Gasteiger partial charge on any atom is 0.342 e. The van der Waals surface area contributed by atoms with Gasteiger partial charge in [-0.3, -0.25) is 9.36 Å². The molecule has 1 aromatic carbocycles. The molecule has 3 atom stereocenters. The second-order valence-electron chi connectivity index (χ2n) is 8.50. The summed E-state index contributed by atoms with van der Waals surface area (Å²) in [5.41, 5.74) is 6.70.